The Kier molecular flexibility index (Phi) is 4.17. The van der Waals surface area contributed by atoms with Gasteiger partial charge in [0.15, 0.2) is 5.58 Å². The maximum Gasteiger partial charge on any atom is 0.410 e. The van der Waals surface area contributed by atoms with Crippen LogP contribution in [0.4, 0.5) is 4.79 Å². The minimum atomic E-state index is -0.647. The third kappa shape index (κ3) is 3.34. The van der Waals surface area contributed by atoms with Crippen LogP contribution in [0.5, 0.6) is 0 Å². The fraction of sp³-hybridized carbons (Fsp3) is 0.571. The molecule has 1 saturated heterocycles. The van der Waals surface area contributed by atoms with Crippen LogP contribution in [0.25, 0.3) is 11.0 Å². The molecule has 2 aromatic rings. The van der Waals surface area contributed by atoms with Crippen LogP contribution in [0, 0.1) is 17.8 Å². The summed E-state index contributed by atoms with van der Waals surface area (Å²) >= 11 is 0. The van der Waals surface area contributed by atoms with E-state index >= 15 is 0 Å². The number of hydrogen-bond acceptors (Lipinski definition) is 5. The molecule has 3 atom stereocenters. The van der Waals surface area contributed by atoms with Crippen molar-refractivity contribution in [2.75, 3.05) is 13.1 Å². The van der Waals surface area contributed by atoms with Crippen LogP contribution in [0.3, 0.4) is 0 Å². The zero-order chi connectivity index (χ0) is 20.3. The predicted octanol–water partition coefficient (Wildman–Crippen LogP) is 3.29. The molecular formula is C21H27N3O4. The van der Waals surface area contributed by atoms with Crippen LogP contribution in [0.2, 0.25) is 0 Å². The molecule has 2 aliphatic rings. The van der Waals surface area contributed by atoms with Gasteiger partial charge in [0.25, 0.3) is 0 Å². The van der Waals surface area contributed by atoms with Gasteiger partial charge in [-0.05, 0) is 58.6 Å². The molecular weight excluding hydrogens is 358 g/mol. The summed E-state index contributed by atoms with van der Waals surface area (Å²) in [5.41, 5.74) is 0.268. The number of amides is 2. The van der Waals surface area contributed by atoms with Gasteiger partial charge < -0.3 is 19.5 Å². The van der Waals surface area contributed by atoms with Crippen molar-refractivity contribution in [3.63, 3.8) is 0 Å². The molecule has 0 spiro atoms. The number of nitrogens with zero attached hydrogens (tertiary/aromatic N) is 2. The molecule has 7 nitrogen and oxygen atoms in total. The minimum absolute atomic E-state index is 0.0101. The summed E-state index contributed by atoms with van der Waals surface area (Å²) in [6.45, 7) is 10.6. The molecule has 1 saturated carbocycles. The summed E-state index contributed by atoms with van der Waals surface area (Å²) in [4.78, 5) is 26.8. The number of piperidine rings is 1. The van der Waals surface area contributed by atoms with Gasteiger partial charge in [-0.25, -0.2) is 4.79 Å². The number of carbonyl (C=O) groups excluding carboxylic acids is 2. The van der Waals surface area contributed by atoms with Crippen molar-refractivity contribution in [3.8, 4) is 0 Å². The Hall–Kier alpha value is -2.57. The first-order chi connectivity index (χ1) is 13.1. The number of nitrogens with one attached hydrogen (secondary N) is 1. The highest BCUT2D eigenvalue weighted by Crippen LogP contribution is 2.52. The molecule has 4 rings (SSSR count). The van der Waals surface area contributed by atoms with E-state index < -0.39 is 11.1 Å². The summed E-state index contributed by atoms with van der Waals surface area (Å²) in [5, 5.41) is 8.21. The van der Waals surface area contributed by atoms with Crippen molar-refractivity contribution in [1.82, 2.24) is 15.4 Å². The van der Waals surface area contributed by atoms with Crippen LogP contribution < -0.4 is 5.32 Å². The Morgan fingerprint density at radius 1 is 1.14 bits per heavy atom. The lowest BCUT2D eigenvalue weighted by Crippen LogP contribution is -2.44. The summed E-state index contributed by atoms with van der Waals surface area (Å²) in [6.07, 6.45) is -0.298. The van der Waals surface area contributed by atoms with Crippen LogP contribution in [0.1, 0.15) is 40.3 Å². The molecule has 7 heteroatoms. The zero-order valence-electron chi connectivity index (χ0n) is 17.0. The summed E-state index contributed by atoms with van der Waals surface area (Å²) in [7, 11) is 0. The molecule has 2 amide bonds. The van der Waals surface area contributed by atoms with Crippen molar-refractivity contribution in [2.45, 2.75) is 45.8 Å². The first-order valence-electron chi connectivity index (χ1n) is 9.72. The van der Waals surface area contributed by atoms with E-state index in [1.165, 1.54) is 0 Å². The zero-order valence-corrected chi connectivity index (χ0v) is 17.0. The summed E-state index contributed by atoms with van der Waals surface area (Å²) < 4.78 is 10.8. The molecule has 28 heavy (non-hydrogen) atoms. The first kappa shape index (κ1) is 18.8. The fourth-order valence-electron chi connectivity index (χ4n) is 4.18. The van der Waals surface area contributed by atoms with Crippen molar-refractivity contribution in [3.05, 3.63) is 30.0 Å². The number of hydrogen-bond donors (Lipinski definition) is 1. The Morgan fingerprint density at radius 2 is 1.79 bits per heavy atom. The van der Waals surface area contributed by atoms with Gasteiger partial charge in [-0.2, -0.15) is 0 Å². The van der Waals surface area contributed by atoms with Gasteiger partial charge >= 0.3 is 6.09 Å². The van der Waals surface area contributed by atoms with Crippen LogP contribution in [-0.4, -0.2) is 40.7 Å². The minimum Gasteiger partial charge on any atom is -0.444 e. The molecule has 1 unspecified atom stereocenters. The van der Waals surface area contributed by atoms with Crippen molar-refractivity contribution in [2.24, 2.45) is 17.8 Å². The van der Waals surface area contributed by atoms with Gasteiger partial charge in [0, 0.05) is 24.4 Å². The highest BCUT2D eigenvalue weighted by atomic mass is 16.6. The monoisotopic (exact) mass is 385 g/mol. The molecule has 150 valence electrons. The highest BCUT2D eigenvalue weighted by molar-refractivity contribution is 5.86. The molecule has 1 N–H and O–H groups in total. The maximum absolute atomic E-state index is 12.9. The standard InChI is InChI=1S/C21H27N3O4/c1-20(2,3)27-19(26)24-10-13-14(11-24)16(13)18(25)22-21(4,5)17-12-8-6-7-9-15(12)28-23-17/h6-9,13-14,16H,10-11H2,1-5H3,(H,22,25)/t13-,14+,16?. The Balaban J connectivity index is 1.38. The number of carbonyl (C=O) groups is 2. The molecule has 1 aliphatic carbocycles. The maximum atomic E-state index is 12.9. The SMILES string of the molecule is CC(C)(C)OC(=O)N1C[C@@H]2C(C(=O)NC(C)(C)c3noc4ccccc34)[C@@H]2C1. The van der Waals surface area contributed by atoms with E-state index in [0.29, 0.717) is 18.7 Å². The normalized spacial score (nSPS) is 24.2. The van der Waals surface area contributed by atoms with Crippen LogP contribution in [0.15, 0.2) is 28.8 Å². The number of para-hydroxylation sites is 1. The number of fused-ring (bicyclic) bond motifs is 2. The second-order valence-corrected chi connectivity index (χ2v) is 9.38. The van der Waals surface area contributed by atoms with E-state index in [0.717, 1.165) is 11.1 Å². The Labute approximate surface area is 164 Å². The second kappa shape index (κ2) is 6.22. The first-order valence-corrected chi connectivity index (χ1v) is 9.72. The topological polar surface area (TPSA) is 84.7 Å². The molecule has 1 aromatic heterocycles. The Morgan fingerprint density at radius 3 is 2.43 bits per heavy atom. The predicted molar refractivity (Wildman–Crippen MR) is 103 cm³/mol. The summed E-state index contributed by atoms with van der Waals surface area (Å²) in [6, 6.07) is 7.63. The second-order valence-electron chi connectivity index (χ2n) is 9.38. The van der Waals surface area contributed by atoms with Crippen LogP contribution in [-0.2, 0) is 15.1 Å². The van der Waals surface area contributed by atoms with Gasteiger partial charge in [0.05, 0.1) is 5.54 Å². The molecule has 2 fully saturated rings. The van der Waals surface area contributed by atoms with Crippen LogP contribution >= 0.6 is 0 Å². The van der Waals surface area contributed by atoms with Gasteiger partial charge in [-0.3, -0.25) is 4.79 Å². The largest absolute Gasteiger partial charge is 0.444 e. The van der Waals surface area contributed by atoms with Gasteiger partial charge in [-0.1, -0.05) is 17.3 Å². The molecule has 0 bridgehead atoms. The Bertz CT molecular complexity index is 915. The van der Waals surface area contributed by atoms with Crippen molar-refractivity contribution in [1.29, 1.82) is 0 Å². The lowest BCUT2D eigenvalue weighted by molar-refractivity contribution is -0.125. The van der Waals surface area contributed by atoms with Crippen molar-refractivity contribution >= 4 is 23.0 Å². The third-order valence-electron chi connectivity index (χ3n) is 5.55. The highest BCUT2D eigenvalue weighted by Gasteiger charge is 2.61. The number of rotatable bonds is 3. The quantitative estimate of drug-likeness (QED) is 0.876. The molecule has 2 heterocycles. The number of ether oxygens (including phenoxy) is 1. The van der Waals surface area contributed by atoms with E-state index in [9.17, 15) is 9.59 Å². The van der Waals surface area contributed by atoms with Gasteiger partial charge in [0.1, 0.15) is 11.3 Å². The molecule has 1 aromatic carbocycles. The van der Waals surface area contributed by atoms with Gasteiger partial charge in [0.2, 0.25) is 5.91 Å². The van der Waals surface area contributed by atoms with E-state index in [1.807, 2.05) is 58.9 Å². The van der Waals surface area contributed by atoms with E-state index in [-0.39, 0.29) is 29.8 Å². The lowest BCUT2D eigenvalue weighted by Gasteiger charge is -2.27. The number of benzene rings is 1. The van der Waals surface area contributed by atoms with Crippen molar-refractivity contribution < 1.29 is 18.8 Å². The summed E-state index contributed by atoms with van der Waals surface area (Å²) in [5.74, 6) is 0.363. The van der Waals surface area contributed by atoms with Gasteiger partial charge in [-0.15, -0.1) is 0 Å². The van der Waals surface area contributed by atoms with E-state index in [2.05, 4.69) is 10.5 Å². The van der Waals surface area contributed by atoms with E-state index in [4.69, 9.17) is 9.26 Å². The fourth-order valence-corrected chi connectivity index (χ4v) is 4.18. The smallest absolute Gasteiger partial charge is 0.410 e. The molecule has 0 radical (unpaired) electrons. The third-order valence-corrected chi connectivity index (χ3v) is 5.55. The average molecular weight is 385 g/mol. The number of aromatic nitrogens is 1. The average Bonchev–Trinajstić information content (AvgIpc) is 2.96. The van der Waals surface area contributed by atoms with E-state index in [1.54, 1.807) is 4.90 Å². The lowest BCUT2D eigenvalue weighted by atomic mass is 9.96. The number of likely N-dealkylation sites (tertiary alicyclic amines) is 1. The molecule has 1 aliphatic heterocycles.